The first-order chi connectivity index (χ1) is 13.8. The molecule has 0 aromatic heterocycles. The molecule has 0 aliphatic carbocycles. The first-order valence-corrected chi connectivity index (χ1v) is 11.8. The van der Waals surface area contributed by atoms with Gasteiger partial charge in [0.1, 0.15) is 0 Å². The summed E-state index contributed by atoms with van der Waals surface area (Å²) in [5, 5.41) is 3.56. The predicted molar refractivity (Wildman–Crippen MR) is 117 cm³/mol. The van der Waals surface area contributed by atoms with Gasteiger partial charge >= 0.3 is 0 Å². The Kier molecular flexibility index (Phi) is 9.35. The first kappa shape index (κ1) is 21.8. The number of rotatable bonds is 8. The second kappa shape index (κ2) is 12.0. The van der Waals surface area contributed by atoms with Gasteiger partial charge in [-0.1, -0.05) is 6.42 Å². The van der Waals surface area contributed by atoms with E-state index in [0.29, 0.717) is 0 Å². The minimum absolute atomic E-state index is 0.735. The van der Waals surface area contributed by atoms with Crippen molar-refractivity contribution in [3.63, 3.8) is 0 Å². The Morgan fingerprint density at radius 2 is 1.71 bits per heavy atom. The molecule has 162 valence electrons. The maximum atomic E-state index is 5.21. The second-order valence-corrected chi connectivity index (χ2v) is 8.93. The third-order valence-electron chi connectivity index (χ3n) is 6.70. The largest absolute Gasteiger partial charge is 0.383 e. The molecule has 6 heteroatoms. The van der Waals surface area contributed by atoms with Crippen molar-refractivity contribution >= 4 is 5.96 Å². The number of ether oxygens (including phenoxy) is 1. The van der Waals surface area contributed by atoms with Gasteiger partial charge in [0, 0.05) is 46.4 Å². The standard InChI is InChI=1S/C22H43N5O/c1-3-23-22(24-17-20-7-12-25(13-8-20)15-16-28-2)27-14-9-21(19-27)18-26-10-5-4-6-11-26/h20-21H,3-19H2,1-2H3,(H,23,24). The van der Waals surface area contributed by atoms with E-state index in [1.165, 1.54) is 84.3 Å². The van der Waals surface area contributed by atoms with Gasteiger partial charge in [0.15, 0.2) is 5.96 Å². The highest BCUT2D eigenvalue weighted by atomic mass is 16.5. The number of methoxy groups -OCH3 is 1. The zero-order valence-electron chi connectivity index (χ0n) is 18.4. The van der Waals surface area contributed by atoms with Gasteiger partial charge in [-0.05, 0) is 77.0 Å². The normalized spacial score (nSPS) is 26.1. The second-order valence-electron chi connectivity index (χ2n) is 8.93. The van der Waals surface area contributed by atoms with Crippen LogP contribution in [0.1, 0.15) is 45.4 Å². The van der Waals surface area contributed by atoms with Crippen LogP contribution in [0.25, 0.3) is 0 Å². The Balaban J connectivity index is 1.42. The van der Waals surface area contributed by atoms with E-state index in [0.717, 1.165) is 44.0 Å². The number of hydrogen-bond donors (Lipinski definition) is 1. The van der Waals surface area contributed by atoms with Crippen LogP contribution < -0.4 is 5.32 Å². The van der Waals surface area contributed by atoms with Crippen LogP contribution in [0.2, 0.25) is 0 Å². The molecule has 0 radical (unpaired) electrons. The van der Waals surface area contributed by atoms with Crippen LogP contribution >= 0.6 is 0 Å². The average Bonchev–Trinajstić information content (AvgIpc) is 3.19. The van der Waals surface area contributed by atoms with Gasteiger partial charge in [-0.3, -0.25) is 4.99 Å². The topological polar surface area (TPSA) is 43.3 Å². The highest BCUT2D eigenvalue weighted by Crippen LogP contribution is 2.21. The van der Waals surface area contributed by atoms with Crippen LogP contribution in [-0.2, 0) is 4.74 Å². The van der Waals surface area contributed by atoms with E-state index >= 15 is 0 Å². The van der Waals surface area contributed by atoms with Crippen molar-refractivity contribution in [3.05, 3.63) is 0 Å². The van der Waals surface area contributed by atoms with Crippen LogP contribution in [0.4, 0.5) is 0 Å². The van der Waals surface area contributed by atoms with Gasteiger partial charge in [0.05, 0.1) is 6.61 Å². The van der Waals surface area contributed by atoms with Gasteiger partial charge < -0.3 is 24.8 Å². The molecule has 0 bridgehead atoms. The van der Waals surface area contributed by atoms with E-state index in [9.17, 15) is 0 Å². The number of guanidine groups is 1. The lowest BCUT2D eigenvalue weighted by atomic mass is 9.97. The fourth-order valence-corrected chi connectivity index (χ4v) is 4.94. The van der Waals surface area contributed by atoms with Gasteiger partial charge in [0.2, 0.25) is 0 Å². The number of likely N-dealkylation sites (tertiary alicyclic amines) is 3. The number of piperidine rings is 2. The molecular formula is C22H43N5O. The molecule has 0 aromatic rings. The molecule has 3 saturated heterocycles. The van der Waals surface area contributed by atoms with Crippen molar-refractivity contribution in [2.24, 2.45) is 16.8 Å². The minimum Gasteiger partial charge on any atom is -0.383 e. The molecule has 3 rings (SSSR count). The summed E-state index contributed by atoms with van der Waals surface area (Å²) in [6, 6.07) is 0. The van der Waals surface area contributed by atoms with Crippen molar-refractivity contribution in [2.45, 2.75) is 45.4 Å². The number of hydrogen-bond acceptors (Lipinski definition) is 4. The Morgan fingerprint density at radius 1 is 0.964 bits per heavy atom. The summed E-state index contributed by atoms with van der Waals surface area (Å²) in [7, 11) is 1.79. The van der Waals surface area contributed by atoms with Crippen LogP contribution in [-0.4, -0.2) is 99.8 Å². The van der Waals surface area contributed by atoms with E-state index in [1.54, 1.807) is 7.11 Å². The van der Waals surface area contributed by atoms with Crippen molar-refractivity contribution in [3.8, 4) is 0 Å². The molecule has 1 atom stereocenters. The predicted octanol–water partition coefficient (Wildman–Crippen LogP) is 2.12. The molecular weight excluding hydrogens is 350 g/mol. The third kappa shape index (κ3) is 6.89. The van der Waals surface area contributed by atoms with Crippen molar-refractivity contribution in [2.75, 3.05) is 79.2 Å². The Morgan fingerprint density at radius 3 is 2.43 bits per heavy atom. The van der Waals surface area contributed by atoms with E-state index < -0.39 is 0 Å². The Labute approximate surface area is 172 Å². The SMILES string of the molecule is CCNC(=NCC1CCN(CCOC)CC1)N1CCC(CN2CCCCC2)C1. The summed E-state index contributed by atoms with van der Waals surface area (Å²) in [5.41, 5.74) is 0. The zero-order valence-corrected chi connectivity index (χ0v) is 18.4. The molecule has 1 N–H and O–H groups in total. The van der Waals surface area contributed by atoms with Crippen LogP contribution in [0.3, 0.4) is 0 Å². The summed E-state index contributed by atoms with van der Waals surface area (Å²) in [6.45, 7) is 14.7. The smallest absolute Gasteiger partial charge is 0.193 e. The van der Waals surface area contributed by atoms with Gasteiger partial charge in [0.25, 0.3) is 0 Å². The molecule has 0 amide bonds. The minimum atomic E-state index is 0.735. The number of aliphatic imine (C=N–C) groups is 1. The highest BCUT2D eigenvalue weighted by Gasteiger charge is 2.27. The lowest BCUT2D eigenvalue weighted by molar-refractivity contribution is 0.121. The van der Waals surface area contributed by atoms with Crippen molar-refractivity contribution in [1.82, 2.24) is 20.0 Å². The molecule has 0 spiro atoms. The summed E-state index contributed by atoms with van der Waals surface area (Å²) < 4.78 is 5.21. The molecule has 6 nitrogen and oxygen atoms in total. The monoisotopic (exact) mass is 393 g/mol. The maximum absolute atomic E-state index is 5.21. The summed E-state index contributed by atoms with van der Waals surface area (Å²) in [5.74, 6) is 2.70. The summed E-state index contributed by atoms with van der Waals surface area (Å²) >= 11 is 0. The molecule has 3 fully saturated rings. The fraction of sp³-hybridized carbons (Fsp3) is 0.955. The van der Waals surface area contributed by atoms with E-state index in [4.69, 9.17) is 9.73 Å². The van der Waals surface area contributed by atoms with Gasteiger partial charge in [-0.25, -0.2) is 0 Å². The van der Waals surface area contributed by atoms with E-state index in [2.05, 4.69) is 26.9 Å². The molecule has 0 saturated carbocycles. The van der Waals surface area contributed by atoms with Crippen LogP contribution in [0, 0.1) is 11.8 Å². The number of nitrogens with one attached hydrogen (secondary N) is 1. The van der Waals surface area contributed by atoms with Crippen LogP contribution in [0.15, 0.2) is 4.99 Å². The van der Waals surface area contributed by atoms with Gasteiger partial charge in [-0.15, -0.1) is 0 Å². The van der Waals surface area contributed by atoms with E-state index in [1.807, 2.05) is 0 Å². The highest BCUT2D eigenvalue weighted by molar-refractivity contribution is 5.80. The lowest BCUT2D eigenvalue weighted by Gasteiger charge is -2.31. The van der Waals surface area contributed by atoms with E-state index in [-0.39, 0.29) is 0 Å². The summed E-state index contributed by atoms with van der Waals surface area (Å²) in [4.78, 5) is 12.8. The maximum Gasteiger partial charge on any atom is 0.193 e. The first-order valence-electron chi connectivity index (χ1n) is 11.8. The molecule has 1 unspecified atom stereocenters. The number of nitrogens with zero attached hydrogens (tertiary/aromatic N) is 4. The molecule has 0 aromatic carbocycles. The molecule has 3 aliphatic rings. The molecule has 3 heterocycles. The molecule has 3 aliphatic heterocycles. The molecule has 28 heavy (non-hydrogen) atoms. The quantitative estimate of drug-likeness (QED) is 0.505. The zero-order chi connectivity index (χ0) is 19.6. The van der Waals surface area contributed by atoms with Crippen molar-refractivity contribution < 1.29 is 4.74 Å². The Bertz CT molecular complexity index is 458. The summed E-state index contributed by atoms with van der Waals surface area (Å²) in [6.07, 6.45) is 8.07. The lowest BCUT2D eigenvalue weighted by Crippen LogP contribution is -2.42. The van der Waals surface area contributed by atoms with Crippen LogP contribution in [0.5, 0.6) is 0 Å². The Hall–Kier alpha value is -0.850. The third-order valence-corrected chi connectivity index (χ3v) is 6.70. The fourth-order valence-electron chi connectivity index (χ4n) is 4.94. The van der Waals surface area contributed by atoms with Gasteiger partial charge in [-0.2, -0.15) is 0 Å². The van der Waals surface area contributed by atoms with Crippen molar-refractivity contribution in [1.29, 1.82) is 0 Å². The average molecular weight is 394 g/mol.